The van der Waals surface area contributed by atoms with Crippen LogP contribution in [0.2, 0.25) is 0 Å². The maximum Gasteiger partial charge on any atom is 0.294 e. The van der Waals surface area contributed by atoms with E-state index in [-0.39, 0.29) is 23.1 Å². The van der Waals surface area contributed by atoms with E-state index in [1.165, 1.54) is 31.2 Å². The zero-order chi connectivity index (χ0) is 22.6. The molecule has 6 heteroatoms. The predicted molar refractivity (Wildman–Crippen MR) is 118 cm³/mol. The molecule has 31 heavy (non-hydrogen) atoms. The molecule has 0 aliphatic rings. The molecule has 0 fully saturated rings. The summed E-state index contributed by atoms with van der Waals surface area (Å²) < 4.78 is 39.2. The van der Waals surface area contributed by atoms with Gasteiger partial charge in [0.15, 0.2) is 0 Å². The normalized spacial score (nSPS) is 12.4. The molecule has 0 heterocycles. The third-order valence-electron chi connectivity index (χ3n) is 4.88. The first-order valence-corrected chi connectivity index (χ1v) is 9.87. The Balaban J connectivity index is 1.82. The van der Waals surface area contributed by atoms with Gasteiger partial charge in [-0.3, -0.25) is 4.79 Å². The largest absolute Gasteiger partial charge is 0.457 e. The van der Waals surface area contributed by atoms with Crippen LogP contribution in [0, 0.1) is 0 Å². The lowest BCUT2D eigenvalue weighted by molar-refractivity contribution is 0.0385. The van der Waals surface area contributed by atoms with Gasteiger partial charge in [-0.15, -0.1) is 0 Å². The van der Waals surface area contributed by atoms with E-state index in [1.807, 2.05) is 25.1 Å². The van der Waals surface area contributed by atoms with Gasteiger partial charge in [-0.25, -0.2) is 0 Å². The lowest BCUT2D eigenvalue weighted by atomic mass is 10.0. The molecule has 0 spiro atoms. The molecular weight excluding hydrogens is 400 g/mol. The summed E-state index contributed by atoms with van der Waals surface area (Å²) in [5.74, 6) is -2.28. The van der Waals surface area contributed by atoms with Crippen LogP contribution in [0.25, 0.3) is 10.8 Å². The number of alkyl halides is 2. The number of halogens is 2. The summed E-state index contributed by atoms with van der Waals surface area (Å²) in [6.07, 6.45) is 0. The summed E-state index contributed by atoms with van der Waals surface area (Å²) in [6, 6.07) is 16.4. The van der Waals surface area contributed by atoms with E-state index in [9.17, 15) is 13.6 Å². The Morgan fingerprint density at radius 1 is 1.13 bits per heavy atom. The van der Waals surface area contributed by atoms with E-state index in [0.29, 0.717) is 23.7 Å². The van der Waals surface area contributed by atoms with Crippen LogP contribution in [0.3, 0.4) is 0 Å². The van der Waals surface area contributed by atoms with Crippen LogP contribution < -0.4 is 10.1 Å². The maximum absolute atomic E-state index is 14.1. The Morgan fingerprint density at radius 3 is 2.48 bits per heavy atom. The smallest absolute Gasteiger partial charge is 0.294 e. The predicted octanol–water partition coefficient (Wildman–Crippen LogP) is 6.06. The van der Waals surface area contributed by atoms with Crippen LogP contribution in [0.4, 0.5) is 8.78 Å². The Labute approximate surface area is 180 Å². The van der Waals surface area contributed by atoms with Gasteiger partial charge in [-0.1, -0.05) is 18.7 Å². The average Bonchev–Trinajstić information content (AvgIpc) is 2.74. The molecule has 0 aromatic heterocycles. The summed E-state index contributed by atoms with van der Waals surface area (Å²) in [6.45, 7) is 6.95. The highest BCUT2D eigenvalue weighted by Crippen LogP contribution is 2.36. The van der Waals surface area contributed by atoms with Crippen molar-refractivity contribution in [2.24, 2.45) is 0 Å². The minimum absolute atomic E-state index is 0.108. The van der Waals surface area contributed by atoms with Crippen molar-refractivity contribution in [3.63, 3.8) is 0 Å². The quantitative estimate of drug-likeness (QED) is 0.446. The number of methoxy groups -OCH3 is 1. The molecule has 3 rings (SSSR count). The third-order valence-corrected chi connectivity index (χ3v) is 4.88. The van der Waals surface area contributed by atoms with E-state index < -0.39 is 5.92 Å². The fourth-order valence-electron chi connectivity index (χ4n) is 3.19. The third kappa shape index (κ3) is 5.09. The lowest BCUT2D eigenvalue weighted by Gasteiger charge is -2.17. The first-order valence-electron chi connectivity index (χ1n) is 9.87. The number of nitrogens with one attached hydrogen (secondary N) is 1. The number of amides is 1. The molecule has 1 N–H and O–H groups in total. The van der Waals surface area contributed by atoms with Crippen molar-refractivity contribution in [1.82, 2.24) is 5.32 Å². The van der Waals surface area contributed by atoms with Crippen LogP contribution in [-0.4, -0.2) is 25.7 Å². The minimum atomic E-state index is -3.09. The molecule has 1 amide bonds. The zero-order valence-corrected chi connectivity index (χ0v) is 17.7. The monoisotopic (exact) mass is 425 g/mol. The number of carbonyl (C=O) groups excluding carboxylic acids is 1. The Kier molecular flexibility index (Phi) is 6.71. The molecule has 0 aliphatic carbocycles. The molecule has 0 saturated carbocycles. The van der Waals surface area contributed by atoms with E-state index in [4.69, 9.17) is 9.47 Å². The SMILES string of the molecule is C=C(C)C(F)(F)c1ccc(Oc2cccc3cc(C(=O)N[C@H](C)COC)ccc23)cc1. The first kappa shape index (κ1) is 22.4. The number of fused-ring (bicyclic) bond motifs is 1. The lowest BCUT2D eigenvalue weighted by Crippen LogP contribution is -2.35. The van der Waals surface area contributed by atoms with Gasteiger partial charge in [0.2, 0.25) is 0 Å². The molecular formula is C25H25F2NO3. The van der Waals surface area contributed by atoms with Crippen LogP contribution in [0.5, 0.6) is 11.5 Å². The number of allylic oxidation sites excluding steroid dienone is 1. The second kappa shape index (κ2) is 9.27. The van der Waals surface area contributed by atoms with Gasteiger partial charge in [0, 0.05) is 29.7 Å². The summed E-state index contributed by atoms with van der Waals surface area (Å²) in [5.41, 5.74) is 0.175. The highest BCUT2D eigenvalue weighted by Gasteiger charge is 2.32. The summed E-state index contributed by atoms with van der Waals surface area (Å²) >= 11 is 0. The van der Waals surface area contributed by atoms with Gasteiger partial charge in [0.05, 0.1) is 6.61 Å². The van der Waals surface area contributed by atoms with Crippen molar-refractivity contribution in [3.05, 3.63) is 83.9 Å². The van der Waals surface area contributed by atoms with E-state index in [0.717, 1.165) is 10.8 Å². The van der Waals surface area contributed by atoms with Crippen LogP contribution in [0.1, 0.15) is 29.8 Å². The summed E-state index contributed by atoms with van der Waals surface area (Å²) in [7, 11) is 1.58. The number of rotatable bonds is 8. The molecule has 0 radical (unpaired) electrons. The van der Waals surface area contributed by atoms with Crippen LogP contribution >= 0.6 is 0 Å². The Morgan fingerprint density at radius 2 is 1.84 bits per heavy atom. The fraction of sp³-hybridized carbons (Fsp3) is 0.240. The van der Waals surface area contributed by atoms with Gasteiger partial charge in [0.25, 0.3) is 11.8 Å². The molecule has 3 aromatic rings. The number of carbonyl (C=O) groups is 1. The summed E-state index contributed by atoms with van der Waals surface area (Å²) in [5, 5.41) is 4.51. The van der Waals surface area contributed by atoms with Crippen molar-refractivity contribution in [2.75, 3.05) is 13.7 Å². The van der Waals surface area contributed by atoms with Gasteiger partial charge >= 0.3 is 0 Å². The molecule has 0 aliphatic heterocycles. The van der Waals surface area contributed by atoms with Gasteiger partial charge in [0.1, 0.15) is 11.5 Å². The molecule has 3 aromatic carbocycles. The number of ether oxygens (including phenoxy) is 2. The van der Waals surface area contributed by atoms with Crippen molar-refractivity contribution in [2.45, 2.75) is 25.8 Å². The highest BCUT2D eigenvalue weighted by atomic mass is 19.3. The van der Waals surface area contributed by atoms with Gasteiger partial charge in [-0.05, 0) is 73.3 Å². The number of hydrogen-bond acceptors (Lipinski definition) is 3. The Hall–Kier alpha value is -3.25. The summed E-state index contributed by atoms with van der Waals surface area (Å²) in [4.78, 5) is 12.4. The molecule has 0 saturated heterocycles. The van der Waals surface area contributed by atoms with Crippen molar-refractivity contribution >= 4 is 16.7 Å². The second-order valence-corrected chi connectivity index (χ2v) is 7.50. The first-order chi connectivity index (χ1) is 14.7. The molecule has 1 atom stereocenters. The van der Waals surface area contributed by atoms with Crippen molar-refractivity contribution in [1.29, 1.82) is 0 Å². The van der Waals surface area contributed by atoms with Crippen LogP contribution in [0.15, 0.2) is 72.8 Å². The second-order valence-electron chi connectivity index (χ2n) is 7.50. The zero-order valence-electron chi connectivity index (χ0n) is 17.7. The number of hydrogen-bond donors (Lipinski definition) is 1. The molecule has 162 valence electrons. The molecule has 0 unspecified atom stereocenters. The highest BCUT2D eigenvalue weighted by molar-refractivity contribution is 6.00. The number of benzene rings is 3. The van der Waals surface area contributed by atoms with Gasteiger partial charge < -0.3 is 14.8 Å². The Bertz CT molecular complexity index is 1090. The van der Waals surface area contributed by atoms with E-state index in [1.54, 1.807) is 25.3 Å². The maximum atomic E-state index is 14.1. The van der Waals surface area contributed by atoms with Crippen molar-refractivity contribution < 1.29 is 23.0 Å². The van der Waals surface area contributed by atoms with Gasteiger partial charge in [-0.2, -0.15) is 8.78 Å². The topological polar surface area (TPSA) is 47.6 Å². The molecule has 0 bridgehead atoms. The van der Waals surface area contributed by atoms with Crippen molar-refractivity contribution in [3.8, 4) is 11.5 Å². The standard InChI is InChI=1S/C25H25F2NO3/c1-16(2)25(26,27)20-9-11-21(12-10-20)31-23-7-5-6-18-14-19(8-13-22(18)23)24(29)28-17(3)15-30-4/h5-14,17H,1,15H2,2-4H3,(H,28,29)/t17-/m1/s1. The van der Waals surface area contributed by atoms with E-state index >= 15 is 0 Å². The fourth-order valence-corrected chi connectivity index (χ4v) is 3.19. The average molecular weight is 425 g/mol. The molecule has 4 nitrogen and oxygen atoms in total. The van der Waals surface area contributed by atoms with Crippen LogP contribution in [-0.2, 0) is 10.7 Å². The minimum Gasteiger partial charge on any atom is -0.457 e. The van der Waals surface area contributed by atoms with E-state index in [2.05, 4.69) is 11.9 Å².